The summed E-state index contributed by atoms with van der Waals surface area (Å²) in [5, 5.41) is 8.07. The third-order valence-corrected chi connectivity index (χ3v) is 6.88. The van der Waals surface area contributed by atoms with Crippen LogP contribution in [0, 0.1) is 0 Å². The van der Waals surface area contributed by atoms with Crippen molar-refractivity contribution in [1.29, 1.82) is 0 Å². The van der Waals surface area contributed by atoms with Gasteiger partial charge >= 0.3 is 0 Å². The molecular formula is C28H32N6O2. The maximum absolute atomic E-state index is 5.92. The van der Waals surface area contributed by atoms with E-state index in [1.165, 1.54) is 31.6 Å². The lowest BCUT2D eigenvalue weighted by Crippen LogP contribution is -2.36. The Bertz CT molecular complexity index is 1280. The zero-order valence-corrected chi connectivity index (χ0v) is 20.5. The monoisotopic (exact) mass is 484 g/mol. The SMILES string of the molecule is c1cc(-c2ccc(N3CCOCC3)cc2)n2nc(Nc3ccc(OCCN4CCCC4)cc3)nc2c1. The van der Waals surface area contributed by atoms with Gasteiger partial charge in [0.2, 0.25) is 5.95 Å². The number of aromatic nitrogens is 3. The molecule has 2 aromatic heterocycles. The van der Waals surface area contributed by atoms with Gasteiger partial charge < -0.3 is 19.7 Å². The summed E-state index contributed by atoms with van der Waals surface area (Å²) < 4.78 is 13.3. The van der Waals surface area contributed by atoms with Crippen LogP contribution in [0.2, 0.25) is 0 Å². The van der Waals surface area contributed by atoms with E-state index in [-0.39, 0.29) is 0 Å². The molecule has 186 valence electrons. The molecule has 0 spiro atoms. The van der Waals surface area contributed by atoms with Crippen LogP contribution in [-0.2, 0) is 4.74 Å². The lowest BCUT2D eigenvalue weighted by Gasteiger charge is -2.28. The molecular weight excluding hydrogens is 452 g/mol. The van der Waals surface area contributed by atoms with E-state index in [0.29, 0.717) is 5.95 Å². The molecule has 0 atom stereocenters. The van der Waals surface area contributed by atoms with Crippen molar-refractivity contribution < 1.29 is 9.47 Å². The molecule has 6 rings (SSSR count). The normalized spacial score (nSPS) is 16.5. The molecule has 2 aliphatic rings. The first-order valence-electron chi connectivity index (χ1n) is 12.8. The largest absolute Gasteiger partial charge is 0.492 e. The first-order valence-corrected chi connectivity index (χ1v) is 12.8. The molecule has 0 radical (unpaired) electrons. The molecule has 8 nitrogen and oxygen atoms in total. The fraction of sp³-hybridized carbons (Fsp3) is 0.357. The summed E-state index contributed by atoms with van der Waals surface area (Å²) >= 11 is 0. The molecule has 0 saturated carbocycles. The average Bonchev–Trinajstić information content (AvgIpc) is 3.60. The van der Waals surface area contributed by atoms with Crippen LogP contribution in [0.5, 0.6) is 5.75 Å². The predicted octanol–water partition coefficient (Wildman–Crippen LogP) is 4.45. The molecule has 2 saturated heterocycles. The lowest BCUT2D eigenvalue weighted by molar-refractivity contribution is 0.122. The first kappa shape index (κ1) is 22.8. The summed E-state index contributed by atoms with van der Waals surface area (Å²) in [4.78, 5) is 9.50. The van der Waals surface area contributed by atoms with Crippen molar-refractivity contribution in [3.05, 3.63) is 66.7 Å². The smallest absolute Gasteiger partial charge is 0.247 e. The number of nitrogens with one attached hydrogen (secondary N) is 1. The van der Waals surface area contributed by atoms with Gasteiger partial charge in [-0.2, -0.15) is 4.98 Å². The van der Waals surface area contributed by atoms with E-state index in [4.69, 9.17) is 14.6 Å². The molecule has 2 aliphatic heterocycles. The van der Waals surface area contributed by atoms with Crippen molar-refractivity contribution in [3.63, 3.8) is 0 Å². The maximum atomic E-state index is 5.92. The Morgan fingerprint density at radius 3 is 2.42 bits per heavy atom. The van der Waals surface area contributed by atoms with Gasteiger partial charge in [0, 0.05) is 36.6 Å². The van der Waals surface area contributed by atoms with Gasteiger partial charge in [-0.1, -0.05) is 18.2 Å². The summed E-state index contributed by atoms with van der Waals surface area (Å²) in [7, 11) is 0. The Balaban J connectivity index is 1.13. The summed E-state index contributed by atoms with van der Waals surface area (Å²) in [6.07, 6.45) is 2.61. The van der Waals surface area contributed by atoms with Gasteiger partial charge in [0.1, 0.15) is 12.4 Å². The van der Waals surface area contributed by atoms with E-state index in [0.717, 1.165) is 67.8 Å². The summed E-state index contributed by atoms with van der Waals surface area (Å²) in [6.45, 7) is 7.52. The molecule has 2 fully saturated rings. The molecule has 8 heteroatoms. The van der Waals surface area contributed by atoms with Crippen molar-refractivity contribution in [2.24, 2.45) is 0 Å². The van der Waals surface area contributed by atoms with Crippen LogP contribution < -0.4 is 15.0 Å². The molecule has 0 bridgehead atoms. The van der Waals surface area contributed by atoms with Gasteiger partial charge in [-0.15, -0.1) is 5.10 Å². The van der Waals surface area contributed by atoms with Gasteiger partial charge in [0.15, 0.2) is 5.65 Å². The minimum absolute atomic E-state index is 0.565. The zero-order chi connectivity index (χ0) is 24.2. The summed E-state index contributed by atoms with van der Waals surface area (Å²) in [6, 6.07) is 22.7. The van der Waals surface area contributed by atoms with Crippen LogP contribution in [0.1, 0.15) is 12.8 Å². The predicted molar refractivity (Wildman–Crippen MR) is 142 cm³/mol. The van der Waals surface area contributed by atoms with Crippen LogP contribution in [0.25, 0.3) is 16.9 Å². The van der Waals surface area contributed by atoms with Crippen molar-refractivity contribution in [3.8, 4) is 17.0 Å². The molecule has 4 heterocycles. The van der Waals surface area contributed by atoms with Crippen molar-refractivity contribution in [2.45, 2.75) is 12.8 Å². The van der Waals surface area contributed by atoms with E-state index in [2.05, 4.69) is 50.4 Å². The lowest BCUT2D eigenvalue weighted by atomic mass is 10.1. The summed E-state index contributed by atoms with van der Waals surface area (Å²) in [5.74, 6) is 1.45. The van der Waals surface area contributed by atoms with Crippen LogP contribution in [0.15, 0.2) is 66.7 Å². The fourth-order valence-corrected chi connectivity index (χ4v) is 4.90. The molecule has 2 aromatic carbocycles. The number of ether oxygens (including phenoxy) is 2. The number of fused-ring (bicyclic) bond motifs is 1. The second-order valence-electron chi connectivity index (χ2n) is 9.31. The second-order valence-corrected chi connectivity index (χ2v) is 9.31. The van der Waals surface area contributed by atoms with Gasteiger partial charge in [0.05, 0.1) is 18.9 Å². The standard InChI is InChI=1S/C28H32N6O2/c1-2-15-32(14-1)16-21-36-25-12-8-23(9-13-25)29-28-30-27-5-3-4-26(34(27)31-28)22-6-10-24(11-7-22)33-17-19-35-20-18-33/h3-13H,1-2,14-21H2,(H,29,31). The van der Waals surface area contributed by atoms with Gasteiger partial charge in [-0.3, -0.25) is 4.90 Å². The van der Waals surface area contributed by atoms with Gasteiger partial charge in [-0.25, -0.2) is 4.52 Å². The number of rotatable bonds is 8. The van der Waals surface area contributed by atoms with Crippen LogP contribution >= 0.6 is 0 Å². The highest BCUT2D eigenvalue weighted by Crippen LogP contribution is 2.26. The van der Waals surface area contributed by atoms with Crippen LogP contribution in [0.4, 0.5) is 17.3 Å². The van der Waals surface area contributed by atoms with Crippen molar-refractivity contribution in [1.82, 2.24) is 19.5 Å². The minimum Gasteiger partial charge on any atom is -0.492 e. The fourth-order valence-electron chi connectivity index (χ4n) is 4.90. The average molecular weight is 485 g/mol. The van der Waals surface area contributed by atoms with Gasteiger partial charge in [-0.05, 0) is 74.5 Å². The molecule has 0 amide bonds. The third kappa shape index (κ3) is 5.15. The minimum atomic E-state index is 0.565. The molecule has 4 aromatic rings. The number of anilines is 3. The Morgan fingerprint density at radius 1 is 0.861 bits per heavy atom. The molecule has 0 unspecified atom stereocenters. The second kappa shape index (κ2) is 10.6. The molecule has 0 aliphatic carbocycles. The molecule has 1 N–H and O–H groups in total. The number of likely N-dealkylation sites (tertiary alicyclic amines) is 1. The Labute approximate surface area is 211 Å². The number of benzene rings is 2. The van der Waals surface area contributed by atoms with E-state index >= 15 is 0 Å². The number of nitrogens with zero attached hydrogens (tertiary/aromatic N) is 5. The quantitative estimate of drug-likeness (QED) is 0.396. The maximum Gasteiger partial charge on any atom is 0.247 e. The van der Waals surface area contributed by atoms with E-state index in [1.807, 2.05) is 40.9 Å². The Morgan fingerprint density at radius 2 is 1.64 bits per heavy atom. The summed E-state index contributed by atoms with van der Waals surface area (Å²) in [5.41, 5.74) is 5.05. The highest BCUT2D eigenvalue weighted by molar-refractivity contribution is 5.67. The highest BCUT2D eigenvalue weighted by Gasteiger charge is 2.13. The van der Waals surface area contributed by atoms with Gasteiger partial charge in [0.25, 0.3) is 0 Å². The van der Waals surface area contributed by atoms with Crippen LogP contribution in [-0.4, -0.2) is 72.0 Å². The number of pyridine rings is 1. The Hall–Kier alpha value is -3.62. The van der Waals surface area contributed by atoms with E-state index < -0.39 is 0 Å². The van der Waals surface area contributed by atoms with Crippen LogP contribution in [0.3, 0.4) is 0 Å². The topological polar surface area (TPSA) is 67.2 Å². The van der Waals surface area contributed by atoms with Crippen molar-refractivity contribution in [2.75, 3.05) is 62.8 Å². The Kier molecular flexibility index (Phi) is 6.69. The van der Waals surface area contributed by atoms with Crippen molar-refractivity contribution >= 4 is 23.0 Å². The molecule has 36 heavy (non-hydrogen) atoms. The van der Waals surface area contributed by atoms with E-state index in [9.17, 15) is 0 Å². The first-order chi connectivity index (χ1) is 17.8. The third-order valence-electron chi connectivity index (χ3n) is 6.88. The zero-order valence-electron chi connectivity index (χ0n) is 20.5. The highest BCUT2D eigenvalue weighted by atomic mass is 16.5. The number of hydrogen-bond acceptors (Lipinski definition) is 7. The van der Waals surface area contributed by atoms with E-state index in [1.54, 1.807) is 0 Å². The number of hydrogen-bond donors (Lipinski definition) is 1. The number of morpholine rings is 1.